The minimum absolute atomic E-state index is 0.564. The first-order valence-corrected chi connectivity index (χ1v) is 4.41. The number of hydrogen-bond acceptors (Lipinski definition) is 2. The Labute approximate surface area is 73.8 Å². The van der Waals surface area contributed by atoms with Crippen molar-refractivity contribution in [3.05, 3.63) is 18.2 Å². The Morgan fingerprint density at radius 2 is 2.33 bits per heavy atom. The lowest BCUT2D eigenvalue weighted by molar-refractivity contribution is 0.536. The van der Waals surface area contributed by atoms with Gasteiger partial charge in [0.2, 0.25) is 0 Å². The number of nitrogens with zero attached hydrogens (tertiary/aromatic N) is 2. The molecular weight excluding hydrogens is 150 g/mol. The molecule has 0 aliphatic carbocycles. The third kappa shape index (κ3) is 2.66. The number of aryl methyl sites for hydroxylation is 1. The van der Waals surface area contributed by atoms with Crippen molar-refractivity contribution in [1.29, 1.82) is 0 Å². The second-order valence-electron chi connectivity index (χ2n) is 3.28. The third-order valence-corrected chi connectivity index (χ3v) is 1.83. The topological polar surface area (TPSA) is 29.9 Å². The summed E-state index contributed by atoms with van der Waals surface area (Å²) in [4.78, 5) is 4.15. The SMILES string of the molecule is Cc1nccn1CCNC(C)C. The van der Waals surface area contributed by atoms with Crippen LogP contribution in [0.2, 0.25) is 0 Å². The highest BCUT2D eigenvalue weighted by Gasteiger charge is 1.96. The molecule has 0 radical (unpaired) electrons. The molecule has 0 fully saturated rings. The molecule has 0 saturated carbocycles. The number of imidazole rings is 1. The Kier molecular flexibility index (Phi) is 3.29. The van der Waals surface area contributed by atoms with Crippen LogP contribution in [-0.2, 0) is 6.54 Å². The van der Waals surface area contributed by atoms with E-state index in [9.17, 15) is 0 Å². The largest absolute Gasteiger partial charge is 0.334 e. The summed E-state index contributed by atoms with van der Waals surface area (Å²) in [6, 6.07) is 0.564. The minimum Gasteiger partial charge on any atom is -0.334 e. The molecule has 0 saturated heterocycles. The molecule has 3 nitrogen and oxygen atoms in total. The van der Waals surface area contributed by atoms with Crippen LogP contribution in [0, 0.1) is 6.92 Å². The molecule has 1 rings (SSSR count). The van der Waals surface area contributed by atoms with Gasteiger partial charge in [-0.15, -0.1) is 0 Å². The number of nitrogens with one attached hydrogen (secondary N) is 1. The zero-order valence-corrected chi connectivity index (χ0v) is 8.04. The molecule has 0 aliphatic heterocycles. The Balaban J connectivity index is 2.29. The zero-order chi connectivity index (χ0) is 8.97. The molecular formula is C9H17N3. The van der Waals surface area contributed by atoms with Gasteiger partial charge >= 0.3 is 0 Å². The van der Waals surface area contributed by atoms with E-state index >= 15 is 0 Å². The summed E-state index contributed by atoms with van der Waals surface area (Å²) in [7, 11) is 0. The van der Waals surface area contributed by atoms with E-state index in [0.29, 0.717) is 6.04 Å². The summed E-state index contributed by atoms with van der Waals surface area (Å²) < 4.78 is 2.15. The van der Waals surface area contributed by atoms with Crippen LogP contribution in [0.1, 0.15) is 19.7 Å². The summed E-state index contributed by atoms with van der Waals surface area (Å²) in [5.41, 5.74) is 0. The fourth-order valence-corrected chi connectivity index (χ4v) is 1.11. The lowest BCUT2D eigenvalue weighted by Crippen LogP contribution is -2.26. The van der Waals surface area contributed by atoms with E-state index < -0.39 is 0 Å². The standard InChI is InChI=1S/C9H17N3/c1-8(2)10-4-6-12-7-5-11-9(12)3/h5,7-8,10H,4,6H2,1-3H3. The van der Waals surface area contributed by atoms with E-state index in [0.717, 1.165) is 18.9 Å². The van der Waals surface area contributed by atoms with E-state index in [1.165, 1.54) is 0 Å². The van der Waals surface area contributed by atoms with Gasteiger partial charge in [0.15, 0.2) is 0 Å². The van der Waals surface area contributed by atoms with E-state index in [4.69, 9.17) is 0 Å². The molecule has 3 heteroatoms. The van der Waals surface area contributed by atoms with Gasteiger partial charge in [0.25, 0.3) is 0 Å². The van der Waals surface area contributed by atoms with Gasteiger partial charge < -0.3 is 9.88 Å². The second-order valence-corrected chi connectivity index (χ2v) is 3.28. The maximum atomic E-state index is 4.15. The number of aromatic nitrogens is 2. The van der Waals surface area contributed by atoms with Crippen LogP contribution in [0.25, 0.3) is 0 Å². The highest BCUT2D eigenvalue weighted by atomic mass is 15.1. The lowest BCUT2D eigenvalue weighted by atomic mass is 10.4. The highest BCUT2D eigenvalue weighted by Crippen LogP contribution is 1.93. The number of hydrogen-bond donors (Lipinski definition) is 1. The molecule has 1 aromatic heterocycles. The first-order valence-electron chi connectivity index (χ1n) is 4.41. The fraction of sp³-hybridized carbons (Fsp3) is 0.667. The Morgan fingerprint density at radius 1 is 1.58 bits per heavy atom. The van der Waals surface area contributed by atoms with Crippen LogP contribution in [-0.4, -0.2) is 22.1 Å². The van der Waals surface area contributed by atoms with Crippen LogP contribution in [0.5, 0.6) is 0 Å². The van der Waals surface area contributed by atoms with Crippen LogP contribution in [0.4, 0.5) is 0 Å². The van der Waals surface area contributed by atoms with Gasteiger partial charge in [-0.1, -0.05) is 13.8 Å². The molecule has 0 aliphatic rings. The van der Waals surface area contributed by atoms with Crippen LogP contribution < -0.4 is 5.32 Å². The Hall–Kier alpha value is -0.830. The first kappa shape index (κ1) is 9.26. The molecule has 0 aromatic carbocycles. The fourth-order valence-electron chi connectivity index (χ4n) is 1.11. The molecule has 1 N–H and O–H groups in total. The summed E-state index contributed by atoms with van der Waals surface area (Å²) >= 11 is 0. The van der Waals surface area contributed by atoms with Crippen molar-refractivity contribution in [2.45, 2.75) is 33.4 Å². The van der Waals surface area contributed by atoms with E-state index in [-0.39, 0.29) is 0 Å². The van der Waals surface area contributed by atoms with Gasteiger partial charge in [0.1, 0.15) is 5.82 Å². The minimum atomic E-state index is 0.564. The maximum absolute atomic E-state index is 4.15. The molecule has 0 amide bonds. The summed E-state index contributed by atoms with van der Waals surface area (Å²) in [6.07, 6.45) is 3.85. The van der Waals surface area contributed by atoms with Gasteiger partial charge in [-0.25, -0.2) is 4.98 Å². The van der Waals surface area contributed by atoms with Crippen molar-refractivity contribution in [2.75, 3.05) is 6.54 Å². The third-order valence-electron chi connectivity index (χ3n) is 1.83. The van der Waals surface area contributed by atoms with Crippen molar-refractivity contribution >= 4 is 0 Å². The predicted molar refractivity (Wildman–Crippen MR) is 50.1 cm³/mol. The summed E-state index contributed by atoms with van der Waals surface area (Å²) in [5, 5.41) is 3.36. The molecule has 12 heavy (non-hydrogen) atoms. The predicted octanol–water partition coefficient (Wildman–Crippen LogP) is 1.19. The molecule has 0 atom stereocenters. The zero-order valence-electron chi connectivity index (χ0n) is 8.04. The summed E-state index contributed by atoms with van der Waals surface area (Å²) in [5.74, 6) is 1.08. The van der Waals surface area contributed by atoms with Crippen molar-refractivity contribution in [3.63, 3.8) is 0 Å². The molecule has 0 unspecified atom stereocenters. The highest BCUT2D eigenvalue weighted by molar-refractivity contribution is 4.88. The number of rotatable bonds is 4. The van der Waals surface area contributed by atoms with Gasteiger partial charge in [0, 0.05) is 31.5 Å². The van der Waals surface area contributed by atoms with Gasteiger partial charge in [-0.3, -0.25) is 0 Å². The van der Waals surface area contributed by atoms with Crippen LogP contribution in [0.15, 0.2) is 12.4 Å². The normalized spacial score (nSPS) is 11.0. The van der Waals surface area contributed by atoms with Gasteiger partial charge in [-0.05, 0) is 6.92 Å². The monoisotopic (exact) mass is 167 g/mol. The molecule has 1 aromatic rings. The van der Waals surface area contributed by atoms with E-state index in [1.54, 1.807) is 0 Å². The quantitative estimate of drug-likeness (QED) is 0.730. The van der Waals surface area contributed by atoms with Crippen molar-refractivity contribution in [2.24, 2.45) is 0 Å². The lowest BCUT2D eigenvalue weighted by Gasteiger charge is -2.09. The molecule has 0 spiro atoms. The molecule has 68 valence electrons. The molecule has 1 heterocycles. The van der Waals surface area contributed by atoms with Crippen molar-refractivity contribution in [1.82, 2.24) is 14.9 Å². The maximum Gasteiger partial charge on any atom is 0.105 e. The Morgan fingerprint density at radius 3 is 2.83 bits per heavy atom. The average Bonchev–Trinajstić information content (AvgIpc) is 2.36. The van der Waals surface area contributed by atoms with Crippen molar-refractivity contribution in [3.8, 4) is 0 Å². The van der Waals surface area contributed by atoms with E-state index in [1.807, 2.05) is 19.3 Å². The van der Waals surface area contributed by atoms with E-state index in [2.05, 4.69) is 28.7 Å². The van der Waals surface area contributed by atoms with Crippen LogP contribution in [0.3, 0.4) is 0 Å². The first-order chi connectivity index (χ1) is 5.70. The van der Waals surface area contributed by atoms with Gasteiger partial charge in [0.05, 0.1) is 0 Å². The summed E-state index contributed by atoms with van der Waals surface area (Å²) in [6.45, 7) is 8.34. The smallest absolute Gasteiger partial charge is 0.105 e. The Bertz CT molecular complexity index is 227. The second kappa shape index (κ2) is 4.26. The molecule has 0 bridgehead atoms. The van der Waals surface area contributed by atoms with Gasteiger partial charge in [-0.2, -0.15) is 0 Å². The van der Waals surface area contributed by atoms with Crippen molar-refractivity contribution < 1.29 is 0 Å². The average molecular weight is 167 g/mol. The van der Waals surface area contributed by atoms with Crippen LogP contribution >= 0.6 is 0 Å².